The highest BCUT2D eigenvalue weighted by Gasteiger charge is 2.15. The highest BCUT2D eigenvalue weighted by Crippen LogP contribution is 2.18. The number of amides is 1. The summed E-state index contributed by atoms with van der Waals surface area (Å²) >= 11 is 0. The first kappa shape index (κ1) is 13.4. The van der Waals surface area contributed by atoms with Crippen molar-refractivity contribution in [3.63, 3.8) is 0 Å². The van der Waals surface area contributed by atoms with Crippen LogP contribution in [0, 0.1) is 6.92 Å². The number of H-pyrrole nitrogens is 1. The van der Waals surface area contributed by atoms with Gasteiger partial charge in [-0.25, -0.2) is 4.98 Å². The second kappa shape index (κ2) is 5.40. The molecule has 2 N–H and O–H groups in total. The number of nitrogens with zero attached hydrogens (tertiary/aromatic N) is 1. The number of carbonyl (C=O) groups excluding carboxylic acids is 1. The molecular formula is C17H17N3O. The predicted molar refractivity (Wildman–Crippen MR) is 83.2 cm³/mol. The summed E-state index contributed by atoms with van der Waals surface area (Å²) in [5, 5.41) is 3.02. The Morgan fingerprint density at radius 2 is 1.90 bits per heavy atom. The number of aromatic amines is 1. The van der Waals surface area contributed by atoms with Gasteiger partial charge in [0, 0.05) is 0 Å². The molecule has 1 unspecified atom stereocenters. The monoisotopic (exact) mass is 279 g/mol. The summed E-state index contributed by atoms with van der Waals surface area (Å²) in [5.74, 6) is 0.699. The number of imidazole rings is 1. The lowest BCUT2D eigenvalue weighted by Crippen LogP contribution is -2.26. The van der Waals surface area contributed by atoms with E-state index >= 15 is 0 Å². The second-order valence-electron chi connectivity index (χ2n) is 5.13. The molecule has 1 atom stereocenters. The number of benzene rings is 2. The number of rotatable bonds is 3. The standard InChI is InChI=1S/C17H17N3O/c1-11(13-7-4-3-5-8-13)18-17(21)14-9-6-10-15-16(14)20-12(2)19-15/h3-11H,1-2H3,(H,18,21)(H,19,20). The maximum absolute atomic E-state index is 12.5. The molecule has 3 aromatic rings. The van der Waals surface area contributed by atoms with E-state index in [1.165, 1.54) is 0 Å². The van der Waals surface area contributed by atoms with Crippen LogP contribution in [-0.2, 0) is 0 Å². The van der Waals surface area contributed by atoms with Gasteiger partial charge < -0.3 is 10.3 Å². The molecule has 2 aromatic carbocycles. The molecule has 1 heterocycles. The number of aryl methyl sites for hydroxylation is 1. The van der Waals surface area contributed by atoms with E-state index in [0.29, 0.717) is 11.1 Å². The number of carbonyl (C=O) groups is 1. The van der Waals surface area contributed by atoms with Gasteiger partial charge in [0.2, 0.25) is 0 Å². The third-order valence-electron chi connectivity index (χ3n) is 3.52. The minimum absolute atomic E-state index is 0.0472. The quantitative estimate of drug-likeness (QED) is 0.772. The molecule has 0 saturated carbocycles. The average Bonchev–Trinajstić information content (AvgIpc) is 2.87. The van der Waals surface area contributed by atoms with Crippen molar-refractivity contribution in [2.24, 2.45) is 0 Å². The van der Waals surface area contributed by atoms with Crippen molar-refractivity contribution >= 4 is 16.9 Å². The fraction of sp³-hybridized carbons (Fsp3) is 0.176. The Morgan fingerprint density at radius 1 is 1.14 bits per heavy atom. The lowest BCUT2D eigenvalue weighted by atomic mass is 10.1. The zero-order valence-electron chi connectivity index (χ0n) is 12.1. The minimum atomic E-state index is -0.108. The van der Waals surface area contributed by atoms with E-state index < -0.39 is 0 Å². The van der Waals surface area contributed by atoms with Crippen LogP contribution < -0.4 is 5.32 Å². The lowest BCUT2D eigenvalue weighted by molar-refractivity contribution is 0.0941. The largest absolute Gasteiger partial charge is 0.345 e. The Balaban J connectivity index is 1.87. The van der Waals surface area contributed by atoms with Crippen LogP contribution in [0.5, 0.6) is 0 Å². The number of fused-ring (bicyclic) bond motifs is 1. The predicted octanol–water partition coefficient (Wildman–Crippen LogP) is 3.36. The van der Waals surface area contributed by atoms with Crippen molar-refractivity contribution < 1.29 is 4.79 Å². The van der Waals surface area contributed by atoms with E-state index in [1.54, 1.807) is 6.07 Å². The summed E-state index contributed by atoms with van der Waals surface area (Å²) in [5.41, 5.74) is 3.27. The molecule has 0 fully saturated rings. The van der Waals surface area contributed by atoms with Crippen molar-refractivity contribution in [2.75, 3.05) is 0 Å². The van der Waals surface area contributed by atoms with Gasteiger partial charge in [-0.2, -0.15) is 0 Å². The van der Waals surface area contributed by atoms with Gasteiger partial charge >= 0.3 is 0 Å². The zero-order valence-corrected chi connectivity index (χ0v) is 12.1. The van der Waals surface area contributed by atoms with Crippen LogP contribution in [0.1, 0.15) is 34.7 Å². The molecule has 0 aliphatic heterocycles. The third-order valence-corrected chi connectivity index (χ3v) is 3.52. The summed E-state index contributed by atoms with van der Waals surface area (Å²) in [6, 6.07) is 15.4. The number of nitrogens with one attached hydrogen (secondary N) is 2. The molecule has 4 heteroatoms. The molecule has 3 rings (SSSR count). The number of para-hydroxylation sites is 1. The average molecular weight is 279 g/mol. The van der Waals surface area contributed by atoms with Gasteiger partial charge in [-0.1, -0.05) is 36.4 Å². The molecule has 0 bridgehead atoms. The van der Waals surface area contributed by atoms with Crippen LogP contribution in [0.3, 0.4) is 0 Å². The summed E-state index contributed by atoms with van der Waals surface area (Å²) in [4.78, 5) is 20.0. The maximum atomic E-state index is 12.5. The normalized spacial score (nSPS) is 12.3. The number of aromatic nitrogens is 2. The van der Waals surface area contributed by atoms with Crippen LogP contribution in [0.4, 0.5) is 0 Å². The Morgan fingerprint density at radius 3 is 2.67 bits per heavy atom. The van der Waals surface area contributed by atoms with Gasteiger partial charge in [0.25, 0.3) is 5.91 Å². The number of hydrogen-bond donors (Lipinski definition) is 2. The molecule has 0 spiro atoms. The van der Waals surface area contributed by atoms with E-state index in [-0.39, 0.29) is 11.9 Å². The summed E-state index contributed by atoms with van der Waals surface area (Å²) in [6.07, 6.45) is 0. The summed E-state index contributed by atoms with van der Waals surface area (Å²) in [7, 11) is 0. The zero-order chi connectivity index (χ0) is 14.8. The van der Waals surface area contributed by atoms with Crippen molar-refractivity contribution in [1.82, 2.24) is 15.3 Å². The van der Waals surface area contributed by atoms with Gasteiger partial charge in [0.05, 0.1) is 17.1 Å². The molecule has 4 nitrogen and oxygen atoms in total. The lowest BCUT2D eigenvalue weighted by Gasteiger charge is -2.14. The first-order valence-corrected chi connectivity index (χ1v) is 6.96. The molecule has 0 radical (unpaired) electrons. The third kappa shape index (κ3) is 2.65. The van der Waals surface area contributed by atoms with E-state index in [9.17, 15) is 4.79 Å². The van der Waals surface area contributed by atoms with E-state index in [2.05, 4.69) is 15.3 Å². The van der Waals surface area contributed by atoms with Crippen molar-refractivity contribution in [3.05, 3.63) is 65.5 Å². The highest BCUT2D eigenvalue weighted by molar-refractivity contribution is 6.05. The molecule has 0 aliphatic rings. The minimum Gasteiger partial charge on any atom is -0.345 e. The van der Waals surface area contributed by atoms with Crippen LogP contribution in [-0.4, -0.2) is 15.9 Å². The fourth-order valence-electron chi connectivity index (χ4n) is 2.44. The van der Waals surface area contributed by atoms with Crippen molar-refractivity contribution in [2.45, 2.75) is 19.9 Å². The molecule has 0 saturated heterocycles. The molecule has 1 aromatic heterocycles. The van der Waals surface area contributed by atoms with Gasteiger partial charge in [-0.15, -0.1) is 0 Å². The van der Waals surface area contributed by atoms with Crippen molar-refractivity contribution in [1.29, 1.82) is 0 Å². The van der Waals surface area contributed by atoms with Crippen LogP contribution in [0.25, 0.3) is 11.0 Å². The topological polar surface area (TPSA) is 57.8 Å². The molecule has 106 valence electrons. The van der Waals surface area contributed by atoms with Gasteiger partial charge in [-0.3, -0.25) is 4.79 Å². The first-order chi connectivity index (χ1) is 10.1. The van der Waals surface area contributed by atoms with Gasteiger partial charge in [-0.05, 0) is 31.5 Å². The first-order valence-electron chi connectivity index (χ1n) is 6.96. The van der Waals surface area contributed by atoms with Gasteiger partial charge in [0.1, 0.15) is 11.3 Å². The molecule has 0 aliphatic carbocycles. The van der Waals surface area contributed by atoms with Crippen molar-refractivity contribution in [3.8, 4) is 0 Å². The highest BCUT2D eigenvalue weighted by atomic mass is 16.1. The SMILES string of the molecule is Cc1nc2c(C(=O)NC(C)c3ccccc3)cccc2[nH]1. The van der Waals surface area contributed by atoms with E-state index in [4.69, 9.17) is 0 Å². The summed E-state index contributed by atoms with van der Waals surface area (Å²) < 4.78 is 0. The van der Waals surface area contributed by atoms with Crippen LogP contribution in [0.15, 0.2) is 48.5 Å². The molecule has 1 amide bonds. The Hall–Kier alpha value is -2.62. The Bertz CT molecular complexity index is 777. The summed E-state index contributed by atoms with van der Waals surface area (Å²) in [6.45, 7) is 3.86. The maximum Gasteiger partial charge on any atom is 0.254 e. The van der Waals surface area contributed by atoms with Crippen LogP contribution >= 0.6 is 0 Å². The van der Waals surface area contributed by atoms with E-state index in [0.717, 1.165) is 16.9 Å². The van der Waals surface area contributed by atoms with Gasteiger partial charge in [0.15, 0.2) is 0 Å². The van der Waals surface area contributed by atoms with Crippen LogP contribution in [0.2, 0.25) is 0 Å². The smallest absolute Gasteiger partial charge is 0.254 e. The number of hydrogen-bond acceptors (Lipinski definition) is 2. The Kier molecular flexibility index (Phi) is 3.44. The Labute approximate surface area is 123 Å². The fourth-order valence-corrected chi connectivity index (χ4v) is 2.44. The molecule has 21 heavy (non-hydrogen) atoms. The molecular weight excluding hydrogens is 262 g/mol. The van der Waals surface area contributed by atoms with E-state index in [1.807, 2.05) is 56.3 Å². The second-order valence-corrected chi connectivity index (χ2v) is 5.13.